The van der Waals surface area contributed by atoms with E-state index in [2.05, 4.69) is 43.4 Å². The Bertz CT molecular complexity index is 244. The Morgan fingerprint density at radius 2 is 1.48 bits per heavy atom. The first-order chi connectivity index (χ1) is 10.2. The molecule has 0 saturated carbocycles. The number of ether oxygens (including phenoxy) is 1. The van der Waals surface area contributed by atoms with Gasteiger partial charge in [-0.3, -0.25) is 0 Å². The first-order valence-electron chi connectivity index (χ1n) is 9.48. The molecular weight excluding hydrogens is 371 g/mol. The molecule has 0 radical (unpaired) electrons. The Morgan fingerprint density at radius 1 is 0.857 bits per heavy atom. The molecule has 0 amide bonds. The molecule has 126 valence electrons. The van der Waals surface area contributed by atoms with Gasteiger partial charge in [0.05, 0.1) is 12.2 Å². The zero-order chi connectivity index (χ0) is 15.5. The largest absolute Gasteiger partial charge is 0.375 e. The molecule has 0 aromatic rings. The van der Waals surface area contributed by atoms with Crippen LogP contribution < -0.4 is 0 Å². The molecule has 1 nitrogen and oxygen atoms in total. The van der Waals surface area contributed by atoms with Crippen LogP contribution in [0.15, 0.2) is 0 Å². The third-order valence-electron chi connectivity index (χ3n) is 4.89. The highest BCUT2D eigenvalue weighted by molar-refractivity contribution is 14.1. The molecule has 2 heteroatoms. The summed E-state index contributed by atoms with van der Waals surface area (Å²) < 4.78 is 7.13. The smallest absolute Gasteiger partial charge is 0.0616 e. The molecule has 0 spiro atoms. The van der Waals surface area contributed by atoms with Crippen molar-refractivity contribution in [3.05, 3.63) is 0 Å². The Hall–Kier alpha value is 0.690. The van der Waals surface area contributed by atoms with E-state index in [0.29, 0.717) is 12.2 Å². The van der Waals surface area contributed by atoms with E-state index >= 15 is 0 Å². The van der Waals surface area contributed by atoms with Gasteiger partial charge in [-0.05, 0) is 32.1 Å². The molecule has 1 saturated heterocycles. The van der Waals surface area contributed by atoms with Crippen LogP contribution in [-0.2, 0) is 4.74 Å². The minimum atomic E-state index is 0.472. The molecule has 0 N–H and O–H groups in total. The van der Waals surface area contributed by atoms with Crippen molar-refractivity contribution < 1.29 is 4.74 Å². The highest BCUT2D eigenvalue weighted by atomic mass is 127. The van der Waals surface area contributed by atoms with Crippen molar-refractivity contribution in [1.82, 2.24) is 0 Å². The van der Waals surface area contributed by atoms with Crippen molar-refractivity contribution in [1.29, 1.82) is 0 Å². The van der Waals surface area contributed by atoms with Crippen LogP contribution in [0.25, 0.3) is 0 Å². The number of rotatable bonds is 11. The van der Waals surface area contributed by atoms with Gasteiger partial charge in [-0.15, -0.1) is 0 Å². The highest BCUT2D eigenvalue weighted by Crippen LogP contribution is 2.36. The third kappa shape index (κ3) is 8.20. The monoisotopic (exact) mass is 408 g/mol. The lowest BCUT2D eigenvalue weighted by Gasteiger charge is -2.39. The van der Waals surface area contributed by atoms with Gasteiger partial charge in [0, 0.05) is 3.92 Å². The van der Waals surface area contributed by atoms with Gasteiger partial charge >= 0.3 is 0 Å². The molecule has 1 aliphatic rings. The number of hydrogen-bond donors (Lipinski definition) is 0. The van der Waals surface area contributed by atoms with E-state index in [4.69, 9.17) is 4.74 Å². The van der Waals surface area contributed by atoms with E-state index in [-0.39, 0.29) is 0 Å². The Balaban J connectivity index is 2.24. The van der Waals surface area contributed by atoms with E-state index in [1.54, 1.807) is 0 Å². The van der Waals surface area contributed by atoms with Crippen LogP contribution in [0.5, 0.6) is 0 Å². The van der Waals surface area contributed by atoms with E-state index in [1.807, 2.05) is 0 Å². The lowest BCUT2D eigenvalue weighted by Crippen LogP contribution is -2.40. The molecular formula is C19H37IO. The van der Waals surface area contributed by atoms with Gasteiger partial charge in [-0.25, -0.2) is 0 Å². The van der Waals surface area contributed by atoms with Crippen LogP contribution in [0, 0.1) is 5.92 Å². The molecule has 1 aliphatic heterocycles. The molecule has 1 fully saturated rings. The minimum Gasteiger partial charge on any atom is -0.375 e. The van der Waals surface area contributed by atoms with Crippen molar-refractivity contribution in [3.8, 4) is 0 Å². The van der Waals surface area contributed by atoms with Gasteiger partial charge in [0.1, 0.15) is 0 Å². The summed E-state index contributed by atoms with van der Waals surface area (Å²) in [6.07, 6.45) is 17.5. The van der Waals surface area contributed by atoms with Crippen LogP contribution in [-0.4, -0.2) is 16.1 Å². The predicted octanol–water partition coefficient (Wildman–Crippen LogP) is 6.91. The SMILES string of the molecule is CCCCCCCCC[C@@H]1O[C@H](C)C[C@H](I)[C@H]1CCCC. The lowest BCUT2D eigenvalue weighted by atomic mass is 9.85. The summed E-state index contributed by atoms with van der Waals surface area (Å²) in [5.74, 6) is 0.807. The first kappa shape index (κ1) is 19.7. The highest BCUT2D eigenvalue weighted by Gasteiger charge is 2.34. The average Bonchev–Trinajstić information content (AvgIpc) is 2.45. The van der Waals surface area contributed by atoms with Gasteiger partial charge in [0.15, 0.2) is 0 Å². The zero-order valence-electron chi connectivity index (χ0n) is 14.6. The van der Waals surface area contributed by atoms with E-state index < -0.39 is 0 Å². The molecule has 0 unspecified atom stereocenters. The van der Waals surface area contributed by atoms with Gasteiger partial charge in [-0.1, -0.05) is 94.2 Å². The maximum Gasteiger partial charge on any atom is 0.0616 e. The second kappa shape index (κ2) is 12.2. The van der Waals surface area contributed by atoms with Crippen molar-refractivity contribution in [2.24, 2.45) is 5.92 Å². The lowest BCUT2D eigenvalue weighted by molar-refractivity contribution is -0.0756. The summed E-state index contributed by atoms with van der Waals surface area (Å²) in [5, 5.41) is 0. The van der Waals surface area contributed by atoms with Crippen molar-refractivity contribution >= 4 is 22.6 Å². The van der Waals surface area contributed by atoms with Crippen LogP contribution in [0.4, 0.5) is 0 Å². The fourth-order valence-electron chi connectivity index (χ4n) is 3.57. The summed E-state index contributed by atoms with van der Waals surface area (Å²) in [4.78, 5) is 0. The fraction of sp³-hybridized carbons (Fsp3) is 1.00. The molecule has 0 bridgehead atoms. The first-order valence-corrected chi connectivity index (χ1v) is 10.7. The van der Waals surface area contributed by atoms with Gasteiger partial charge in [-0.2, -0.15) is 0 Å². The summed E-state index contributed by atoms with van der Waals surface area (Å²) in [7, 11) is 0. The van der Waals surface area contributed by atoms with Crippen molar-refractivity contribution in [2.45, 2.75) is 114 Å². The molecule has 0 aromatic heterocycles. The Morgan fingerprint density at radius 3 is 2.14 bits per heavy atom. The standard InChI is InChI=1S/C19H37IO/c1-4-6-8-9-10-11-12-14-19-17(13-7-5-2)18(20)15-16(3)21-19/h16-19H,4-15H2,1-3H3/t16-,17-,18+,19+/m1/s1. The van der Waals surface area contributed by atoms with Crippen molar-refractivity contribution in [2.75, 3.05) is 0 Å². The molecule has 0 aromatic carbocycles. The van der Waals surface area contributed by atoms with Crippen LogP contribution in [0.2, 0.25) is 0 Å². The number of unbranched alkanes of at least 4 members (excludes halogenated alkanes) is 7. The summed E-state index contributed by atoms with van der Waals surface area (Å²) in [6, 6.07) is 0. The van der Waals surface area contributed by atoms with E-state index in [9.17, 15) is 0 Å². The normalized spacial score (nSPS) is 29.7. The maximum absolute atomic E-state index is 6.31. The number of hydrogen-bond acceptors (Lipinski definition) is 1. The summed E-state index contributed by atoms with van der Waals surface area (Å²) in [6.45, 7) is 6.86. The minimum absolute atomic E-state index is 0.472. The molecule has 1 rings (SSSR count). The maximum atomic E-state index is 6.31. The van der Waals surface area contributed by atoms with Crippen LogP contribution in [0.3, 0.4) is 0 Å². The average molecular weight is 408 g/mol. The topological polar surface area (TPSA) is 9.23 Å². The second-order valence-electron chi connectivity index (χ2n) is 6.95. The Kier molecular flexibility index (Phi) is 11.4. The Labute approximate surface area is 147 Å². The summed E-state index contributed by atoms with van der Waals surface area (Å²) >= 11 is 2.69. The van der Waals surface area contributed by atoms with Crippen LogP contribution >= 0.6 is 22.6 Å². The zero-order valence-corrected chi connectivity index (χ0v) is 16.7. The van der Waals surface area contributed by atoms with E-state index in [0.717, 1.165) is 9.84 Å². The molecule has 0 aliphatic carbocycles. The predicted molar refractivity (Wildman–Crippen MR) is 102 cm³/mol. The number of halogens is 1. The molecule has 4 atom stereocenters. The van der Waals surface area contributed by atoms with Gasteiger partial charge in [0.25, 0.3) is 0 Å². The number of alkyl halides is 1. The summed E-state index contributed by atoms with van der Waals surface area (Å²) in [5.41, 5.74) is 0. The van der Waals surface area contributed by atoms with Gasteiger partial charge < -0.3 is 4.74 Å². The fourth-order valence-corrected chi connectivity index (χ4v) is 5.11. The van der Waals surface area contributed by atoms with Crippen LogP contribution in [0.1, 0.15) is 97.8 Å². The molecule has 21 heavy (non-hydrogen) atoms. The second-order valence-corrected chi connectivity index (χ2v) is 8.55. The van der Waals surface area contributed by atoms with Gasteiger partial charge in [0.2, 0.25) is 0 Å². The third-order valence-corrected chi connectivity index (χ3v) is 6.32. The quantitative estimate of drug-likeness (QED) is 0.205. The molecule has 1 heterocycles. The van der Waals surface area contributed by atoms with Crippen molar-refractivity contribution in [3.63, 3.8) is 0 Å². The van der Waals surface area contributed by atoms with E-state index in [1.165, 1.54) is 77.0 Å².